The van der Waals surface area contributed by atoms with Gasteiger partial charge in [-0.2, -0.15) is 0 Å². The molecule has 1 heterocycles. The summed E-state index contributed by atoms with van der Waals surface area (Å²) in [5.41, 5.74) is 2.86. The zero-order valence-electron chi connectivity index (χ0n) is 11.7. The molecule has 0 saturated heterocycles. The number of hydrogen-bond acceptors (Lipinski definition) is 3. The fourth-order valence-electron chi connectivity index (χ4n) is 2.47. The molecule has 1 atom stereocenters. The normalized spacial score (nSPS) is 16.7. The average Bonchev–Trinajstić information content (AvgIpc) is 2.44. The largest absolute Gasteiger partial charge is 0.375 e. The van der Waals surface area contributed by atoms with E-state index in [-0.39, 0.29) is 12.5 Å². The molecule has 2 rings (SSSR count). The van der Waals surface area contributed by atoms with Crippen LogP contribution in [0.2, 0.25) is 0 Å². The number of carbonyl (C=O) groups excluding carboxylic acids is 1. The molecule has 1 aromatic rings. The molecule has 0 radical (unpaired) electrons. The van der Waals surface area contributed by atoms with Crippen molar-refractivity contribution in [1.82, 2.24) is 10.2 Å². The minimum Gasteiger partial charge on any atom is -0.375 e. The van der Waals surface area contributed by atoms with E-state index in [2.05, 4.69) is 41.4 Å². The highest BCUT2D eigenvalue weighted by atomic mass is 16.5. The highest BCUT2D eigenvalue weighted by Crippen LogP contribution is 2.19. The third-order valence-electron chi connectivity index (χ3n) is 3.65. The number of benzene rings is 1. The van der Waals surface area contributed by atoms with E-state index < -0.39 is 0 Å². The third kappa shape index (κ3) is 3.78. The van der Waals surface area contributed by atoms with Gasteiger partial charge in [0, 0.05) is 32.8 Å². The molecule has 1 aliphatic rings. The Labute approximate surface area is 114 Å². The predicted molar refractivity (Wildman–Crippen MR) is 74.9 cm³/mol. The highest BCUT2D eigenvalue weighted by Gasteiger charge is 2.20. The van der Waals surface area contributed by atoms with Crippen LogP contribution in [0.25, 0.3) is 0 Å². The summed E-state index contributed by atoms with van der Waals surface area (Å²) in [6.07, 6.45) is 1.09. The number of nitrogens with one attached hydrogen (secondary N) is 1. The lowest BCUT2D eigenvalue weighted by atomic mass is 9.99. The fourth-order valence-corrected chi connectivity index (χ4v) is 2.47. The van der Waals surface area contributed by atoms with E-state index in [1.54, 1.807) is 0 Å². The summed E-state index contributed by atoms with van der Waals surface area (Å²) < 4.78 is 4.80. The second kappa shape index (κ2) is 6.68. The van der Waals surface area contributed by atoms with Crippen LogP contribution < -0.4 is 5.32 Å². The molecule has 104 valence electrons. The molecule has 0 aromatic heterocycles. The third-order valence-corrected chi connectivity index (χ3v) is 3.65. The van der Waals surface area contributed by atoms with Gasteiger partial charge in [0.15, 0.2) is 0 Å². The van der Waals surface area contributed by atoms with Gasteiger partial charge in [0.25, 0.3) is 0 Å². The van der Waals surface area contributed by atoms with Crippen LogP contribution in [-0.4, -0.2) is 43.7 Å². The van der Waals surface area contributed by atoms with E-state index in [1.165, 1.54) is 18.2 Å². The Bertz CT molecular complexity index is 434. The Morgan fingerprint density at radius 2 is 2.16 bits per heavy atom. The van der Waals surface area contributed by atoms with Crippen molar-refractivity contribution in [2.45, 2.75) is 25.9 Å². The van der Waals surface area contributed by atoms with Crippen molar-refractivity contribution in [1.29, 1.82) is 0 Å². The lowest BCUT2D eigenvalue weighted by Crippen LogP contribution is -2.44. The van der Waals surface area contributed by atoms with E-state index in [0.717, 1.165) is 19.5 Å². The molecule has 1 amide bonds. The molecule has 4 heteroatoms. The zero-order chi connectivity index (χ0) is 13.7. The molecule has 1 aromatic carbocycles. The van der Waals surface area contributed by atoms with Gasteiger partial charge >= 0.3 is 0 Å². The lowest BCUT2D eigenvalue weighted by Gasteiger charge is -2.33. The molecule has 1 N–H and O–H groups in total. The van der Waals surface area contributed by atoms with Crippen molar-refractivity contribution in [2.75, 3.05) is 26.8 Å². The highest BCUT2D eigenvalue weighted by molar-refractivity contribution is 5.77. The Morgan fingerprint density at radius 3 is 2.89 bits per heavy atom. The molecule has 4 nitrogen and oxygen atoms in total. The van der Waals surface area contributed by atoms with Gasteiger partial charge in [-0.25, -0.2) is 0 Å². The van der Waals surface area contributed by atoms with Crippen LogP contribution in [0, 0.1) is 0 Å². The van der Waals surface area contributed by atoms with Crippen LogP contribution in [0.4, 0.5) is 0 Å². The van der Waals surface area contributed by atoms with Crippen molar-refractivity contribution in [2.24, 2.45) is 0 Å². The van der Waals surface area contributed by atoms with E-state index in [9.17, 15) is 4.79 Å². The molecule has 1 unspecified atom stereocenters. The average molecular weight is 262 g/mol. The minimum absolute atomic E-state index is 0.0493. The van der Waals surface area contributed by atoms with Crippen LogP contribution in [0.15, 0.2) is 24.3 Å². The first-order chi connectivity index (χ1) is 9.20. The summed E-state index contributed by atoms with van der Waals surface area (Å²) in [4.78, 5) is 13.8. The van der Waals surface area contributed by atoms with Crippen LogP contribution >= 0.6 is 0 Å². The van der Waals surface area contributed by atoms with E-state index in [4.69, 9.17) is 4.74 Å². The second-order valence-electron chi connectivity index (χ2n) is 5.08. The molecule has 0 saturated carbocycles. The van der Waals surface area contributed by atoms with Gasteiger partial charge in [-0.1, -0.05) is 24.3 Å². The van der Waals surface area contributed by atoms with Crippen molar-refractivity contribution >= 4 is 5.91 Å². The number of methoxy groups -OCH3 is 1. The lowest BCUT2D eigenvalue weighted by molar-refractivity contribution is -0.124. The van der Waals surface area contributed by atoms with Gasteiger partial charge < -0.3 is 10.1 Å². The maximum absolute atomic E-state index is 11.4. The predicted octanol–water partition coefficient (Wildman–Crippen LogP) is 1.20. The molecule has 19 heavy (non-hydrogen) atoms. The molecule has 0 aliphatic carbocycles. The smallest absolute Gasteiger partial charge is 0.246 e. The Kier molecular flexibility index (Phi) is 4.93. The summed E-state index contributed by atoms with van der Waals surface area (Å²) in [6.45, 7) is 4.98. The number of fused-ring (bicyclic) bond motifs is 1. The van der Waals surface area contributed by atoms with Gasteiger partial charge in [-0.3, -0.25) is 9.69 Å². The molecule has 0 bridgehead atoms. The standard InChI is InChI=1S/C15H22N2O2/c1-12(9-16-15(18)11-19-2)17-8-7-13-5-3-4-6-14(13)10-17/h3-6,12H,7-11H2,1-2H3,(H,16,18). The van der Waals surface area contributed by atoms with Crippen molar-refractivity contribution in [3.8, 4) is 0 Å². The maximum atomic E-state index is 11.4. The van der Waals surface area contributed by atoms with Crippen molar-refractivity contribution in [3.63, 3.8) is 0 Å². The van der Waals surface area contributed by atoms with Crippen molar-refractivity contribution < 1.29 is 9.53 Å². The first-order valence-electron chi connectivity index (χ1n) is 6.77. The summed E-state index contributed by atoms with van der Waals surface area (Å²) in [6, 6.07) is 8.93. The Balaban J connectivity index is 1.85. The fraction of sp³-hybridized carbons (Fsp3) is 0.533. The van der Waals surface area contributed by atoms with Crippen LogP contribution in [-0.2, 0) is 22.5 Å². The first kappa shape index (κ1) is 14.0. The number of nitrogens with zero attached hydrogens (tertiary/aromatic N) is 1. The van der Waals surface area contributed by atoms with E-state index >= 15 is 0 Å². The SMILES string of the molecule is COCC(=O)NCC(C)N1CCc2ccccc2C1. The first-order valence-corrected chi connectivity index (χ1v) is 6.77. The zero-order valence-corrected chi connectivity index (χ0v) is 11.7. The van der Waals surface area contributed by atoms with E-state index in [1.807, 2.05) is 0 Å². The summed E-state index contributed by atoms with van der Waals surface area (Å²) in [5.74, 6) is -0.0493. The van der Waals surface area contributed by atoms with Crippen molar-refractivity contribution in [3.05, 3.63) is 35.4 Å². The van der Waals surface area contributed by atoms with E-state index in [0.29, 0.717) is 12.6 Å². The molecule has 1 aliphatic heterocycles. The molecular weight excluding hydrogens is 240 g/mol. The summed E-state index contributed by atoms with van der Waals surface area (Å²) >= 11 is 0. The van der Waals surface area contributed by atoms with Gasteiger partial charge in [0.05, 0.1) is 0 Å². The molecular formula is C15H22N2O2. The Hall–Kier alpha value is -1.39. The van der Waals surface area contributed by atoms with Crippen LogP contribution in [0.5, 0.6) is 0 Å². The quantitative estimate of drug-likeness (QED) is 0.867. The maximum Gasteiger partial charge on any atom is 0.246 e. The summed E-state index contributed by atoms with van der Waals surface area (Å²) in [5, 5.41) is 2.90. The number of rotatable bonds is 5. The molecule has 0 spiro atoms. The molecule has 0 fully saturated rings. The second-order valence-corrected chi connectivity index (χ2v) is 5.08. The van der Waals surface area contributed by atoms with Gasteiger partial charge in [0.2, 0.25) is 5.91 Å². The number of amides is 1. The minimum atomic E-state index is -0.0493. The number of carbonyl (C=O) groups is 1. The van der Waals surface area contributed by atoms with Gasteiger partial charge in [-0.15, -0.1) is 0 Å². The van der Waals surface area contributed by atoms with Gasteiger partial charge in [-0.05, 0) is 24.5 Å². The Morgan fingerprint density at radius 1 is 1.42 bits per heavy atom. The van der Waals surface area contributed by atoms with Crippen LogP contribution in [0.1, 0.15) is 18.1 Å². The summed E-state index contributed by atoms with van der Waals surface area (Å²) in [7, 11) is 1.53. The van der Waals surface area contributed by atoms with Gasteiger partial charge in [0.1, 0.15) is 6.61 Å². The number of ether oxygens (including phenoxy) is 1. The monoisotopic (exact) mass is 262 g/mol. The number of hydrogen-bond donors (Lipinski definition) is 1. The van der Waals surface area contributed by atoms with Crippen LogP contribution in [0.3, 0.4) is 0 Å². The topological polar surface area (TPSA) is 41.6 Å².